The maximum absolute atomic E-state index is 12.8. The summed E-state index contributed by atoms with van der Waals surface area (Å²) in [5, 5.41) is 0. The summed E-state index contributed by atoms with van der Waals surface area (Å²) in [7, 11) is -16.1. The van der Waals surface area contributed by atoms with E-state index in [0.29, 0.717) is 0 Å². The van der Waals surface area contributed by atoms with Crippen LogP contribution < -0.4 is 12.3 Å². The van der Waals surface area contributed by atoms with Crippen LogP contribution in [0.15, 0.2) is 0 Å². The van der Waals surface area contributed by atoms with E-state index in [1.54, 1.807) is 0 Å². The lowest BCUT2D eigenvalue weighted by atomic mass is 9.85. The highest BCUT2D eigenvalue weighted by molar-refractivity contribution is 7.90. The second-order valence-electron chi connectivity index (χ2n) is 11.2. The van der Waals surface area contributed by atoms with Crippen molar-refractivity contribution in [3.63, 3.8) is 0 Å². The summed E-state index contributed by atoms with van der Waals surface area (Å²) in [4.78, 5) is 0. The third-order valence-corrected chi connectivity index (χ3v) is 9.23. The van der Waals surface area contributed by atoms with Crippen LogP contribution in [0.5, 0.6) is 0 Å². The van der Waals surface area contributed by atoms with Gasteiger partial charge in [0.25, 0.3) is 0 Å². The fourth-order valence-corrected chi connectivity index (χ4v) is 6.28. The van der Waals surface area contributed by atoms with Crippen molar-refractivity contribution in [3.8, 4) is 0 Å². The number of rotatable bonds is 19. The first-order valence-corrected chi connectivity index (χ1v) is 19.7. The Balaban J connectivity index is -0.000000176. The molecule has 2 atom stereocenters. The van der Waals surface area contributed by atoms with Gasteiger partial charge in [0, 0.05) is 24.0 Å². The predicted molar refractivity (Wildman–Crippen MR) is 167 cm³/mol. The second kappa shape index (κ2) is 22.2. The molecular formula is C23H52F8N2O12S4. The Labute approximate surface area is 284 Å². The molecule has 0 radical (unpaired) electrons. The van der Waals surface area contributed by atoms with E-state index >= 15 is 0 Å². The van der Waals surface area contributed by atoms with Crippen LogP contribution in [0, 0.1) is 10.8 Å². The number of hydrogen-bond donors (Lipinski definition) is 2. The summed E-state index contributed by atoms with van der Waals surface area (Å²) in [5.74, 6) is -7.62. The first kappa shape index (κ1) is 60.1. The number of ether oxygens (including phenoxy) is 2. The number of halogens is 8. The smallest absolute Gasteiger partial charge is 0.455 e. The molecule has 26 heteroatoms. The molecule has 306 valence electrons. The van der Waals surface area contributed by atoms with Crippen molar-refractivity contribution in [1.82, 2.24) is 12.3 Å². The van der Waals surface area contributed by atoms with Crippen LogP contribution in [0.4, 0.5) is 35.1 Å². The standard InChI is InChI=1S/C11H19F5O6S2.C10H19F3O6S2.2CH4.2H3N/c1-9(3-5-23(2,17)18,4-6-24(19,20)21)7-22-8-10(12,13)11(14,15)16;1-9(3-5-20(2,14)15,4-6-21(16,17)18)7-19-8-10(11,12)13;;;;/h3-8H2,1-2H3,(H,19,20,21);3-8H2,1-2H3,(H,16,17,18);2*1H4;2*1H3. The number of hydrogen-bond acceptors (Lipinski definition) is 12. The Morgan fingerprint density at radius 1 is 0.510 bits per heavy atom. The zero-order valence-corrected chi connectivity index (χ0v) is 29.8. The zero-order valence-electron chi connectivity index (χ0n) is 26.5. The van der Waals surface area contributed by atoms with E-state index in [9.17, 15) is 77.9 Å². The summed E-state index contributed by atoms with van der Waals surface area (Å²) in [6.07, 6.45) is -9.60. The molecule has 0 rings (SSSR count). The minimum atomic E-state index is -5.81. The van der Waals surface area contributed by atoms with Gasteiger partial charge < -0.3 is 30.9 Å². The summed E-state index contributed by atoms with van der Waals surface area (Å²) < 4.78 is 215. The van der Waals surface area contributed by atoms with E-state index in [4.69, 9.17) is 0 Å². The maximum Gasteiger partial charge on any atom is 0.455 e. The predicted octanol–water partition coefficient (Wildman–Crippen LogP) is 4.54. The lowest BCUT2D eigenvalue weighted by molar-refractivity contribution is -0.298. The number of sulfone groups is 2. The van der Waals surface area contributed by atoms with Gasteiger partial charge in [-0.1, -0.05) is 28.7 Å². The molecule has 2 unspecified atom stereocenters. The molecule has 14 nitrogen and oxygen atoms in total. The van der Waals surface area contributed by atoms with Gasteiger partial charge in [-0.05, 0) is 36.5 Å². The lowest BCUT2D eigenvalue weighted by Gasteiger charge is -2.30. The van der Waals surface area contributed by atoms with Crippen LogP contribution in [0.1, 0.15) is 54.4 Å². The average molecular weight is 829 g/mol. The molecule has 0 saturated carbocycles. The van der Waals surface area contributed by atoms with Crippen LogP contribution >= 0.6 is 0 Å². The molecule has 0 spiro atoms. The molecule has 0 aromatic heterocycles. The van der Waals surface area contributed by atoms with Crippen molar-refractivity contribution >= 4 is 39.9 Å². The second-order valence-corrected chi connectivity index (χ2v) is 18.8. The summed E-state index contributed by atoms with van der Waals surface area (Å²) in [6.45, 7) is -2.13. The Morgan fingerprint density at radius 2 is 0.776 bits per heavy atom. The Kier molecular flexibility index (Phi) is 27.2. The summed E-state index contributed by atoms with van der Waals surface area (Å²) >= 11 is 0. The molecular weight excluding hydrogens is 777 g/mol. The van der Waals surface area contributed by atoms with Gasteiger partial charge in [0.15, 0.2) is 0 Å². The van der Waals surface area contributed by atoms with Gasteiger partial charge in [-0.25, -0.2) is 33.7 Å². The molecule has 0 aliphatic rings. The van der Waals surface area contributed by atoms with Gasteiger partial charge in [-0.3, -0.25) is 0 Å². The van der Waals surface area contributed by atoms with Crippen molar-refractivity contribution < 1.29 is 87.4 Å². The van der Waals surface area contributed by atoms with E-state index < -0.39 is 119 Å². The fraction of sp³-hybridized carbons (Fsp3) is 1.00. The van der Waals surface area contributed by atoms with E-state index in [-0.39, 0.29) is 52.2 Å². The van der Waals surface area contributed by atoms with Crippen LogP contribution in [-0.4, -0.2) is 123 Å². The van der Waals surface area contributed by atoms with Crippen molar-refractivity contribution in [3.05, 3.63) is 0 Å². The maximum atomic E-state index is 12.8. The van der Waals surface area contributed by atoms with Crippen LogP contribution in [0.3, 0.4) is 0 Å². The highest BCUT2D eigenvalue weighted by Crippen LogP contribution is 2.36. The van der Waals surface area contributed by atoms with Gasteiger partial charge in [-0.15, -0.1) is 0 Å². The molecule has 49 heavy (non-hydrogen) atoms. The molecule has 8 N–H and O–H groups in total. The van der Waals surface area contributed by atoms with Gasteiger partial charge in [0.2, 0.25) is 0 Å². The SMILES string of the molecule is C.C.CC(CCS(C)(=O)=O)(CCS(=O)(=O)[O-])COCC(F)(F)C(F)(F)F.CC(CCS(C)(=O)=O)(CCS(=O)(=O)[O-])COCC(F)(F)F.[NH4+].[NH4+]. The Hall–Kier alpha value is -1.00. The normalized spacial score (nSPS) is 15.4. The van der Waals surface area contributed by atoms with Crippen molar-refractivity contribution in [2.75, 3.05) is 62.0 Å². The molecule has 0 aliphatic heterocycles. The van der Waals surface area contributed by atoms with Crippen LogP contribution in [-0.2, 0) is 49.4 Å². The fourth-order valence-electron chi connectivity index (χ4n) is 3.07. The first-order chi connectivity index (χ1) is 19.5. The van der Waals surface area contributed by atoms with Crippen molar-refractivity contribution in [2.24, 2.45) is 10.8 Å². The van der Waals surface area contributed by atoms with Crippen molar-refractivity contribution in [2.45, 2.75) is 72.7 Å². The molecule has 0 aliphatic carbocycles. The topological polar surface area (TPSA) is 274 Å². The van der Waals surface area contributed by atoms with Gasteiger partial charge in [-0.2, -0.15) is 35.1 Å². The minimum Gasteiger partial charge on any atom is -0.748 e. The molecule has 0 heterocycles. The molecule has 0 saturated heterocycles. The van der Waals surface area contributed by atoms with E-state index in [0.717, 1.165) is 12.5 Å². The average Bonchev–Trinajstić information content (AvgIpc) is 2.76. The highest BCUT2D eigenvalue weighted by atomic mass is 32.2. The number of quaternary nitrogens is 2. The zero-order chi connectivity index (χ0) is 36.4. The minimum absolute atomic E-state index is 0. The number of alkyl halides is 8. The third-order valence-electron chi connectivity index (χ3n) is 5.93. The highest BCUT2D eigenvalue weighted by Gasteiger charge is 2.57. The molecule has 0 amide bonds. The molecule has 0 aromatic carbocycles. The van der Waals surface area contributed by atoms with E-state index in [2.05, 4.69) is 9.47 Å². The van der Waals surface area contributed by atoms with E-state index in [1.165, 1.54) is 13.8 Å². The van der Waals surface area contributed by atoms with Crippen molar-refractivity contribution in [1.29, 1.82) is 0 Å². The Morgan fingerprint density at radius 3 is 1.00 bits per heavy atom. The third kappa shape index (κ3) is 35.2. The van der Waals surface area contributed by atoms with Gasteiger partial charge in [0.1, 0.15) is 32.9 Å². The summed E-state index contributed by atoms with van der Waals surface area (Å²) in [5.41, 5.74) is -2.52. The monoisotopic (exact) mass is 828 g/mol. The molecule has 0 fully saturated rings. The summed E-state index contributed by atoms with van der Waals surface area (Å²) in [6, 6.07) is 0. The lowest BCUT2D eigenvalue weighted by Crippen LogP contribution is -2.42. The van der Waals surface area contributed by atoms with Gasteiger partial charge >= 0.3 is 18.3 Å². The molecule has 0 bridgehead atoms. The first-order valence-electron chi connectivity index (χ1n) is 12.4. The largest absolute Gasteiger partial charge is 0.748 e. The van der Waals surface area contributed by atoms with Crippen LogP contribution in [0.25, 0.3) is 0 Å². The molecule has 0 aromatic rings. The Bertz CT molecular complexity index is 1280. The van der Waals surface area contributed by atoms with Crippen LogP contribution in [0.2, 0.25) is 0 Å². The quantitative estimate of drug-likeness (QED) is 0.134. The van der Waals surface area contributed by atoms with Gasteiger partial charge in [0.05, 0.1) is 45.0 Å². The van der Waals surface area contributed by atoms with E-state index in [1.807, 2.05) is 0 Å².